The molecule has 0 heterocycles. The van der Waals surface area contributed by atoms with Crippen molar-refractivity contribution in [1.29, 1.82) is 0 Å². The number of hydrogen-bond acceptors (Lipinski definition) is 3. The van der Waals surface area contributed by atoms with E-state index in [1.807, 2.05) is 31.2 Å². The monoisotopic (exact) mass is 309 g/mol. The summed E-state index contributed by atoms with van der Waals surface area (Å²) >= 11 is 0. The van der Waals surface area contributed by atoms with E-state index >= 15 is 0 Å². The molecule has 4 nitrogen and oxygen atoms in total. The van der Waals surface area contributed by atoms with Gasteiger partial charge in [-0.2, -0.15) is 0 Å². The minimum Gasteiger partial charge on any atom is -0.353 e. The Morgan fingerprint density at radius 2 is 1.81 bits per heavy atom. The van der Waals surface area contributed by atoms with Crippen LogP contribution >= 0.6 is 0 Å². The van der Waals surface area contributed by atoms with Gasteiger partial charge in [0.2, 0.25) is 5.91 Å². The van der Waals surface area contributed by atoms with Gasteiger partial charge >= 0.3 is 0 Å². The fourth-order valence-corrected chi connectivity index (χ4v) is 3.97. The van der Waals surface area contributed by atoms with Crippen molar-refractivity contribution in [2.24, 2.45) is 0 Å². The number of benzene rings is 1. The molecule has 0 radical (unpaired) electrons. The van der Waals surface area contributed by atoms with Gasteiger partial charge in [-0.25, -0.2) is 8.42 Å². The number of amides is 1. The molecular weight excluding hydrogens is 286 g/mol. The molecule has 0 spiro atoms. The summed E-state index contributed by atoms with van der Waals surface area (Å²) < 4.78 is 24.1. The zero-order chi connectivity index (χ0) is 15.3. The largest absolute Gasteiger partial charge is 0.353 e. The molecule has 5 heteroatoms. The number of carbonyl (C=O) groups excluding carboxylic acids is 1. The molecule has 0 aromatic heterocycles. The van der Waals surface area contributed by atoms with Crippen molar-refractivity contribution in [3.05, 3.63) is 35.4 Å². The van der Waals surface area contributed by atoms with Gasteiger partial charge in [0.25, 0.3) is 0 Å². The smallest absolute Gasteiger partial charge is 0.221 e. The second-order valence-corrected chi connectivity index (χ2v) is 8.06. The number of rotatable bonds is 6. The number of sulfone groups is 1. The highest BCUT2D eigenvalue weighted by Gasteiger charge is 2.19. The number of nitrogens with one attached hydrogen (secondary N) is 1. The number of hydrogen-bond donors (Lipinski definition) is 1. The number of carbonyl (C=O) groups is 1. The van der Waals surface area contributed by atoms with Crippen LogP contribution in [0.15, 0.2) is 24.3 Å². The first-order valence-corrected chi connectivity index (χ1v) is 9.32. The molecule has 0 unspecified atom stereocenters. The van der Waals surface area contributed by atoms with E-state index in [4.69, 9.17) is 0 Å². The first kappa shape index (κ1) is 16.0. The van der Waals surface area contributed by atoms with E-state index in [1.54, 1.807) is 0 Å². The summed E-state index contributed by atoms with van der Waals surface area (Å²) in [4.78, 5) is 11.8. The Bertz CT molecular complexity index is 572. The Balaban J connectivity index is 1.80. The maximum atomic E-state index is 12.0. The summed E-state index contributed by atoms with van der Waals surface area (Å²) in [6.45, 7) is 1.96. The van der Waals surface area contributed by atoms with Crippen LogP contribution in [-0.2, 0) is 20.4 Å². The van der Waals surface area contributed by atoms with Crippen molar-refractivity contribution in [1.82, 2.24) is 5.32 Å². The zero-order valence-corrected chi connectivity index (χ0v) is 13.3. The third-order valence-corrected chi connectivity index (χ3v) is 5.47. The molecule has 116 valence electrons. The molecule has 2 rings (SSSR count). The molecule has 0 aliphatic heterocycles. The SMILES string of the molecule is Cc1ccc(CS(=O)(=O)CCC(=O)NC2CCCC2)cc1. The zero-order valence-electron chi connectivity index (χ0n) is 12.5. The third kappa shape index (κ3) is 5.50. The van der Waals surface area contributed by atoms with Crippen LogP contribution in [0.2, 0.25) is 0 Å². The van der Waals surface area contributed by atoms with E-state index in [1.165, 1.54) is 0 Å². The van der Waals surface area contributed by atoms with Gasteiger partial charge in [-0.1, -0.05) is 42.7 Å². The summed E-state index contributed by atoms with van der Waals surface area (Å²) in [5.41, 5.74) is 1.88. The highest BCUT2D eigenvalue weighted by atomic mass is 32.2. The van der Waals surface area contributed by atoms with E-state index in [9.17, 15) is 13.2 Å². The number of aryl methyl sites for hydroxylation is 1. The maximum absolute atomic E-state index is 12.0. The van der Waals surface area contributed by atoms with Crippen LogP contribution in [-0.4, -0.2) is 26.1 Å². The second-order valence-electron chi connectivity index (χ2n) is 5.88. The van der Waals surface area contributed by atoms with Gasteiger partial charge in [0.15, 0.2) is 9.84 Å². The summed E-state index contributed by atoms with van der Waals surface area (Å²) in [6.07, 6.45) is 4.39. The van der Waals surface area contributed by atoms with Gasteiger partial charge in [0, 0.05) is 12.5 Å². The van der Waals surface area contributed by atoms with Crippen LogP contribution in [0.1, 0.15) is 43.2 Å². The Morgan fingerprint density at radius 3 is 2.43 bits per heavy atom. The van der Waals surface area contributed by atoms with E-state index in [0.717, 1.165) is 36.8 Å². The molecule has 1 aliphatic carbocycles. The first-order chi connectivity index (χ1) is 9.94. The topological polar surface area (TPSA) is 63.2 Å². The van der Waals surface area contributed by atoms with E-state index in [0.29, 0.717) is 0 Å². The van der Waals surface area contributed by atoms with Gasteiger partial charge in [-0.3, -0.25) is 4.79 Å². The van der Waals surface area contributed by atoms with Crippen LogP contribution in [0.5, 0.6) is 0 Å². The van der Waals surface area contributed by atoms with Crippen molar-refractivity contribution in [2.75, 3.05) is 5.75 Å². The molecule has 1 amide bonds. The van der Waals surface area contributed by atoms with Crippen molar-refractivity contribution in [3.63, 3.8) is 0 Å². The Labute approximate surface area is 126 Å². The standard InChI is InChI=1S/C16H23NO3S/c1-13-6-8-14(9-7-13)12-21(19,20)11-10-16(18)17-15-4-2-3-5-15/h6-9,15H,2-5,10-12H2,1H3,(H,17,18). The summed E-state index contributed by atoms with van der Waals surface area (Å²) in [5.74, 6) is -0.224. The van der Waals surface area contributed by atoms with Crippen LogP contribution in [0.4, 0.5) is 0 Å². The minimum absolute atomic E-state index is 0.00396. The van der Waals surface area contributed by atoms with Gasteiger partial charge < -0.3 is 5.32 Å². The normalized spacial score (nSPS) is 16.0. The fourth-order valence-electron chi connectivity index (χ4n) is 2.63. The molecule has 1 aromatic rings. The molecule has 0 saturated heterocycles. The average molecular weight is 309 g/mol. The molecular formula is C16H23NO3S. The molecule has 1 aliphatic rings. The van der Waals surface area contributed by atoms with E-state index in [2.05, 4.69) is 5.32 Å². The van der Waals surface area contributed by atoms with Crippen molar-refractivity contribution >= 4 is 15.7 Å². The van der Waals surface area contributed by atoms with Gasteiger partial charge in [0.05, 0.1) is 11.5 Å². The van der Waals surface area contributed by atoms with Crippen molar-refractivity contribution in [3.8, 4) is 0 Å². The van der Waals surface area contributed by atoms with Gasteiger partial charge in [-0.15, -0.1) is 0 Å². The van der Waals surface area contributed by atoms with Crippen LogP contribution < -0.4 is 5.32 Å². The van der Waals surface area contributed by atoms with Gasteiger partial charge in [-0.05, 0) is 25.3 Å². The molecule has 1 N–H and O–H groups in total. The predicted octanol–water partition coefficient (Wildman–Crippen LogP) is 2.36. The third-order valence-electron chi connectivity index (χ3n) is 3.87. The Hall–Kier alpha value is -1.36. The lowest BCUT2D eigenvalue weighted by atomic mass is 10.2. The van der Waals surface area contributed by atoms with Gasteiger partial charge in [0.1, 0.15) is 0 Å². The van der Waals surface area contributed by atoms with Crippen LogP contribution in [0.25, 0.3) is 0 Å². The predicted molar refractivity (Wildman–Crippen MR) is 83.7 cm³/mol. The average Bonchev–Trinajstić information content (AvgIpc) is 2.92. The molecule has 1 saturated carbocycles. The highest BCUT2D eigenvalue weighted by molar-refractivity contribution is 7.90. The maximum Gasteiger partial charge on any atom is 0.221 e. The van der Waals surface area contributed by atoms with Crippen LogP contribution in [0.3, 0.4) is 0 Å². The molecule has 0 bridgehead atoms. The fraction of sp³-hybridized carbons (Fsp3) is 0.562. The summed E-state index contributed by atoms with van der Waals surface area (Å²) in [7, 11) is -3.24. The first-order valence-electron chi connectivity index (χ1n) is 7.50. The second kappa shape index (κ2) is 7.07. The molecule has 1 aromatic carbocycles. The van der Waals surface area contributed by atoms with E-state index < -0.39 is 9.84 Å². The van der Waals surface area contributed by atoms with Crippen molar-refractivity contribution in [2.45, 2.75) is 50.8 Å². The lowest BCUT2D eigenvalue weighted by Gasteiger charge is -2.11. The summed E-state index contributed by atoms with van der Waals surface area (Å²) in [5, 5.41) is 2.92. The lowest BCUT2D eigenvalue weighted by Crippen LogP contribution is -2.33. The van der Waals surface area contributed by atoms with Crippen LogP contribution in [0, 0.1) is 6.92 Å². The lowest BCUT2D eigenvalue weighted by molar-refractivity contribution is -0.121. The Kier molecular flexibility index (Phi) is 5.39. The minimum atomic E-state index is -3.24. The quantitative estimate of drug-likeness (QED) is 0.877. The molecule has 0 atom stereocenters. The summed E-state index contributed by atoms with van der Waals surface area (Å²) in [6, 6.07) is 7.70. The highest BCUT2D eigenvalue weighted by Crippen LogP contribution is 2.17. The molecule has 21 heavy (non-hydrogen) atoms. The Morgan fingerprint density at radius 1 is 1.19 bits per heavy atom. The molecule has 1 fully saturated rings. The van der Waals surface area contributed by atoms with E-state index in [-0.39, 0.29) is 29.9 Å². The van der Waals surface area contributed by atoms with Crippen molar-refractivity contribution < 1.29 is 13.2 Å².